The Hall–Kier alpha value is -3.02. The molecular formula is C25H32N4O2. The molecule has 0 spiro atoms. The summed E-state index contributed by atoms with van der Waals surface area (Å²) in [7, 11) is 0. The van der Waals surface area contributed by atoms with Crippen LogP contribution in [-0.2, 0) is 11.3 Å². The third-order valence-corrected chi connectivity index (χ3v) is 5.76. The lowest BCUT2D eigenvalue weighted by Crippen LogP contribution is -2.55. The Kier molecular flexibility index (Phi) is 5.65. The Morgan fingerprint density at radius 3 is 2.52 bits per heavy atom. The zero-order chi connectivity index (χ0) is 22.2. The molecule has 2 heterocycles. The number of anilines is 1. The maximum atomic E-state index is 12.6. The predicted molar refractivity (Wildman–Crippen MR) is 125 cm³/mol. The summed E-state index contributed by atoms with van der Waals surface area (Å²) in [5.74, 6) is 0.959. The third kappa shape index (κ3) is 4.53. The number of piperazine rings is 1. The Balaban J connectivity index is 1.63. The second-order valence-corrected chi connectivity index (χ2v) is 9.38. The van der Waals surface area contributed by atoms with E-state index >= 15 is 0 Å². The lowest BCUT2D eigenvalue weighted by molar-refractivity contribution is 0.0218. The highest BCUT2D eigenvalue weighted by atomic mass is 16.6. The summed E-state index contributed by atoms with van der Waals surface area (Å²) in [6, 6.07) is 16.9. The molecule has 164 valence electrons. The Morgan fingerprint density at radius 2 is 1.81 bits per heavy atom. The SMILES string of the molecule is Cc1ccccc1Cn1c(N2CCN(C(=O)OC(C)(C)C)C[C@@H]2C)nc2ccccc21. The molecule has 1 aliphatic heterocycles. The summed E-state index contributed by atoms with van der Waals surface area (Å²) in [6.45, 7) is 12.7. The molecule has 1 aromatic heterocycles. The van der Waals surface area contributed by atoms with Crippen LogP contribution in [0.4, 0.5) is 10.7 Å². The second kappa shape index (κ2) is 8.25. The van der Waals surface area contributed by atoms with E-state index in [4.69, 9.17) is 9.72 Å². The first kappa shape index (κ1) is 21.2. The van der Waals surface area contributed by atoms with Gasteiger partial charge < -0.3 is 19.1 Å². The number of ether oxygens (including phenoxy) is 1. The number of nitrogens with zero attached hydrogens (tertiary/aromatic N) is 4. The van der Waals surface area contributed by atoms with Crippen LogP contribution in [0.3, 0.4) is 0 Å². The lowest BCUT2D eigenvalue weighted by atomic mass is 10.1. The van der Waals surface area contributed by atoms with Crippen LogP contribution < -0.4 is 4.90 Å². The minimum Gasteiger partial charge on any atom is -0.444 e. The van der Waals surface area contributed by atoms with Crippen LogP contribution in [0, 0.1) is 6.92 Å². The molecule has 1 atom stereocenters. The molecule has 0 N–H and O–H groups in total. The van der Waals surface area contributed by atoms with Crippen LogP contribution in [-0.4, -0.2) is 51.8 Å². The van der Waals surface area contributed by atoms with Gasteiger partial charge in [-0.1, -0.05) is 36.4 Å². The molecule has 4 rings (SSSR count). The number of aryl methyl sites for hydroxylation is 1. The highest BCUT2D eigenvalue weighted by Gasteiger charge is 2.32. The van der Waals surface area contributed by atoms with E-state index in [1.165, 1.54) is 11.1 Å². The zero-order valence-corrected chi connectivity index (χ0v) is 19.1. The van der Waals surface area contributed by atoms with Gasteiger partial charge in [0.2, 0.25) is 5.95 Å². The fraction of sp³-hybridized carbons (Fsp3) is 0.440. The van der Waals surface area contributed by atoms with Crippen molar-refractivity contribution in [1.29, 1.82) is 0 Å². The molecule has 0 unspecified atom stereocenters. The number of carbonyl (C=O) groups excluding carboxylic acids is 1. The first-order valence-corrected chi connectivity index (χ1v) is 11.0. The van der Waals surface area contributed by atoms with Crippen molar-refractivity contribution >= 4 is 23.1 Å². The monoisotopic (exact) mass is 420 g/mol. The fourth-order valence-corrected chi connectivity index (χ4v) is 4.14. The lowest BCUT2D eigenvalue weighted by Gasteiger charge is -2.40. The van der Waals surface area contributed by atoms with E-state index < -0.39 is 5.60 Å². The summed E-state index contributed by atoms with van der Waals surface area (Å²) in [6.07, 6.45) is -0.243. The van der Waals surface area contributed by atoms with Crippen LogP contribution in [0.2, 0.25) is 0 Å². The summed E-state index contributed by atoms with van der Waals surface area (Å²) in [5.41, 5.74) is 4.19. The van der Waals surface area contributed by atoms with Gasteiger partial charge in [-0.25, -0.2) is 9.78 Å². The van der Waals surface area contributed by atoms with Crippen LogP contribution in [0.25, 0.3) is 11.0 Å². The van der Waals surface area contributed by atoms with Crippen molar-refractivity contribution in [2.45, 2.75) is 52.8 Å². The third-order valence-electron chi connectivity index (χ3n) is 5.76. The first-order chi connectivity index (χ1) is 14.7. The Morgan fingerprint density at radius 1 is 1.10 bits per heavy atom. The van der Waals surface area contributed by atoms with Crippen molar-refractivity contribution in [3.05, 3.63) is 59.7 Å². The van der Waals surface area contributed by atoms with Crippen LogP contribution >= 0.6 is 0 Å². The summed E-state index contributed by atoms with van der Waals surface area (Å²) in [5, 5.41) is 0. The van der Waals surface area contributed by atoms with Gasteiger partial charge in [0.25, 0.3) is 0 Å². The minimum atomic E-state index is -0.487. The molecule has 6 heteroatoms. The van der Waals surface area contributed by atoms with E-state index in [2.05, 4.69) is 65.8 Å². The van der Waals surface area contributed by atoms with E-state index in [1.54, 1.807) is 4.90 Å². The number of rotatable bonds is 3. The molecular weight excluding hydrogens is 388 g/mol. The molecule has 0 radical (unpaired) electrons. The molecule has 0 aliphatic carbocycles. The number of fused-ring (bicyclic) bond motifs is 1. The van der Waals surface area contributed by atoms with E-state index in [0.717, 1.165) is 30.1 Å². The topological polar surface area (TPSA) is 50.6 Å². The molecule has 1 aliphatic rings. The largest absolute Gasteiger partial charge is 0.444 e. The van der Waals surface area contributed by atoms with Crippen molar-refractivity contribution in [2.75, 3.05) is 24.5 Å². The van der Waals surface area contributed by atoms with Gasteiger partial charge in [-0.05, 0) is 57.9 Å². The maximum Gasteiger partial charge on any atom is 0.410 e. The van der Waals surface area contributed by atoms with Crippen LogP contribution in [0.15, 0.2) is 48.5 Å². The maximum absolute atomic E-state index is 12.6. The van der Waals surface area contributed by atoms with Gasteiger partial charge in [0.1, 0.15) is 5.60 Å². The molecule has 31 heavy (non-hydrogen) atoms. The zero-order valence-electron chi connectivity index (χ0n) is 19.1. The molecule has 0 saturated carbocycles. The predicted octanol–water partition coefficient (Wildman–Crippen LogP) is 4.84. The van der Waals surface area contributed by atoms with Gasteiger partial charge in [0.15, 0.2) is 0 Å². The molecule has 6 nitrogen and oxygen atoms in total. The van der Waals surface area contributed by atoms with Crippen LogP contribution in [0.5, 0.6) is 0 Å². The van der Waals surface area contributed by atoms with Crippen molar-refractivity contribution in [1.82, 2.24) is 14.5 Å². The van der Waals surface area contributed by atoms with Crippen molar-refractivity contribution in [3.63, 3.8) is 0 Å². The highest BCUT2D eigenvalue weighted by Crippen LogP contribution is 2.28. The first-order valence-electron chi connectivity index (χ1n) is 11.0. The number of hydrogen-bond acceptors (Lipinski definition) is 4. The average molecular weight is 421 g/mol. The average Bonchev–Trinajstić information content (AvgIpc) is 3.06. The van der Waals surface area contributed by atoms with Crippen molar-refractivity contribution < 1.29 is 9.53 Å². The summed E-state index contributed by atoms with van der Waals surface area (Å²) in [4.78, 5) is 21.7. The molecule has 1 fully saturated rings. The smallest absolute Gasteiger partial charge is 0.410 e. The number of hydrogen-bond donors (Lipinski definition) is 0. The minimum absolute atomic E-state index is 0.133. The van der Waals surface area contributed by atoms with E-state index in [-0.39, 0.29) is 12.1 Å². The quantitative estimate of drug-likeness (QED) is 0.608. The summed E-state index contributed by atoms with van der Waals surface area (Å²) >= 11 is 0. The number of imidazole rings is 1. The van der Waals surface area contributed by atoms with Gasteiger partial charge in [-0.3, -0.25) is 0 Å². The van der Waals surface area contributed by atoms with Crippen molar-refractivity contribution in [2.24, 2.45) is 0 Å². The molecule has 1 saturated heterocycles. The molecule has 0 bridgehead atoms. The van der Waals surface area contributed by atoms with E-state index in [0.29, 0.717) is 13.1 Å². The van der Waals surface area contributed by atoms with Gasteiger partial charge in [0.05, 0.1) is 17.6 Å². The van der Waals surface area contributed by atoms with Gasteiger partial charge in [0, 0.05) is 25.7 Å². The number of para-hydroxylation sites is 2. The molecule has 2 aromatic carbocycles. The fourth-order valence-electron chi connectivity index (χ4n) is 4.14. The van der Waals surface area contributed by atoms with Gasteiger partial charge in [-0.15, -0.1) is 0 Å². The van der Waals surface area contributed by atoms with Gasteiger partial charge in [-0.2, -0.15) is 0 Å². The second-order valence-electron chi connectivity index (χ2n) is 9.38. The highest BCUT2D eigenvalue weighted by molar-refractivity contribution is 5.79. The van der Waals surface area contributed by atoms with E-state index in [9.17, 15) is 4.79 Å². The molecule has 3 aromatic rings. The Labute approximate surface area is 184 Å². The van der Waals surface area contributed by atoms with Crippen molar-refractivity contribution in [3.8, 4) is 0 Å². The number of amides is 1. The number of aromatic nitrogens is 2. The normalized spacial score (nSPS) is 17.3. The Bertz CT molecular complexity index is 1080. The van der Waals surface area contributed by atoms with Crippen LogP contribution in [0.1, 0.15) is 38.8 Å². The number of carbonyl (C=O) groups is 1. The molecule has 1 amide bonds. The van der Waals surface area contributed by atoms with Gasteiger partial charge >= 0.3 is 6.09 Å². The standard InChI is InChI=1S/C25H32N4O2/c1-18-10-6-7-11-20(18)17-29-22-13-9-8-12-21(22)26-23(29)28-15-14-27(16-19(28)2)24(30)31-25(3,4)5/h6-13,19H,14-17H2,1-5H3/t19-/m0/s1. The summed E-state index contributed by atoms with van der Waals surface area (Å²) < 4.78 is 7.88. The van der Waals surface area contributed by atoms with E-state index in [1.807, 2.05) is 26.8 Å². The number of benzene rings is 2.